The summed E-state index contributed by atoms with van der Waals surface area (Å²) in [5.41, 5.74) is 2.57. The monoisotopic (exact) mass is 270 g/mol. The maximum Gasteiger partial charge on any atom is 0.133 e. The van der Waals surface area contributed by atoms with Gasteiger partial charge in [-0.15, -0.1) is 0 Å². The molecule has 0 amide bonds. The molecule has 1 heterocycles. The number of nitrogens with one attached hydrogen (secondary N) is 2. The second kappa shape index (κ2) is 6.89. The predicted octanol–water partition coefficient (Wildman–Crippen LogP) is 3.39. The normalized spacial score (nSPS) is 10.3. The standard InChI is InChI=1S/C16H22N4/c1-4-7-14-19-15(17-3)10-16(20-14)18-11-13-9-6-5-8-12(13)2/h5-6,8-10H,4,7,11H2,1-3H3,(H2,17,18,19,20). The van der Waals surface area contributed by atoms with Gasteiger partial charge in [0.1, 0.15) is 17.5 Å². The minimum absolute atomic E-state index is 0.776. The summed E-state index contributed by atoms with van der Waals surface area (Å²) < 4.78 is 0. The van der Waals surface area contributed by atoms with Gasteiger partial charge in [-0.25, -0.2) is 9.97 Å². The molecule has 0 bridgehead atoms. The molecule has 2 N–H and O–H groups in total. The second-order valence-corrected chi connectivity index (χ2v) is 4.83. The van der Waals surface area contributed by atoms with Crippen molar-refractivity contribution >= 4 is 11.6 Å². The Balaban J connectivity index is 2.12. The maximum absolute atomic E-state index is 4.55. The van der Waals surface area contributed by atoms with Gasteiger partial charge >= 0.3 is 0 Å². The second-order valence-electron chi connectivity index (χ2n) is 4.83. The lowest BCUT2D eigenvalue weighted by molar-refractivity contribution is 0.835. The Morgan fingerprint density at radius 3 is 2.55 bits per heavy atom. The number of rotatable bonds is 6. The van der Waals surface area contributed by atoms with Gasteiger partial charge in [-0.1, -0.05) is 31.2 Å². The molecular weight excluding hydrogens is 248 g/mol. The van der Waals surface area contributed by atoms with E-state index in [4.69, 9.17) is 0 Å². The van der Waals surface area contributed by atoms with Gasteiger partial charge in [0.15, 0.2) is 0 Å². The third-order valence-electron chi connectivity index (χ3n) is 3.22. The molecule has 4 heteroatoms. The smallest absolute Gasteiger partial charge is 0.133 e. The first-order valence-corrected chi connectivity index (χ1v) is 7.07. The van der Waals surface area contributed by atoms with Crippen molar-refractivity contribution in [3.8, 4) is 0 Å². The van der Waals surface area contributed by atoms with Crippen LogP contribution in [0.15, 0.2) is 30.3 Å². The number of benzene rings is 1. The van der Waals surface area contributed by atoms with Gasteiger partial charge in [-0.2, -0.15) is 0 Å². The van der Waals surface area contributed by atoms with E-state index in [9.17, 15) is 0 Å². The molecule has 2 aromatic rings. The van der Waals surface area contributed by atoms with E-state index in [1.54, 1.807) is 0 Å². The van der Waals surface area contributed by atoms with E-state index in [1.807, 2.05) is 13.1 Å². The summed E-state index contributed by atoms with van der Waals surface area (Å²) in [6.07, 6.45) is 1.94. The van der Waals surface area contributed by atoms with Gasteiger partial charge in [0.25, 0.3) is 0 Å². The van der Waals surface area contributed by atoms with E-state index in [1.165, 1.54) is 11.1 Å². The Morgan fingerprint density at radius 1 is 1.10 bits per heavy atom. The fraction of sp³-hybridized carbons (Fsp3) is 0.375. The highest BCUT2D eigenvalue weighted by atomic mass is 15.1. The van der Waals surface area contributed by atoms with Crippen LogP contribution in [0.5, 0.6) is 0 Å². The first-order chi connectivity index (χ1) is 9.72. The van der Waals surface area contributed by atoms with Crippen molar-refractivity contribution in [2.45, 2.75) is 33.2 Å². The molecule has 0 radical (unpaired) electrons. The quantitative estimate of drug-likeness (QED) is 0.844. The van der Waals surface area contributed by atoms with E-state index in [0.717, 1.165) is 36.8 Å². The van der Waals surface area contributed by atoms with Crippen molar-refractivity contribution in [1.29, 1.82) is 0 Å². The van der Waals surface area contributed by atoms with Crippen LogP contribution in [0, 0.1) is 6.92 Å². The van der Waals surface area contributed by atoms with Gasteiger partial charge in [-0.05, 0) is 24.5 Å². The third kappa shape index (κ3) is 3.70. The summed E-state index contributed by atoms with van der Waals surface area (Å²) in [5.74, 6) is 2.61. The molecule has 0 saturated carbocycles. The highest BCUT2D eigenvalue weighted by Crippen LogP contribution is 2.14. The number of anilines is 2. The Labute approximate surface area is 120 Å². The van der Waals surface area contributed by atoms with E-state index >= 15 is 0 Å². The predicted molar refractivity (Wildman–Crippen MR) is 84.1 cm³/mol. The highest BCUT2D eigenvalue weighted by Gasteiger charge is 2.04. The molecule has 106 valence electrons. The summed E-state index contributed by atoms with van der Waals surface area (Å²) >= 11 is 0. The van der Waals surface area contributed by atoms with Crippen LogP contribution >= 0.6 is 0 Å². The van der Waals surface area contributed by atoms with E-state index in [0.29, 0.717) is 0 Å². The van der Waals surface area contributed by atoms with Crippen LogP contribution in [-0.4, -0.2) is 17.0 Å². The van der Waals surface area contributed by atoms with Gasteiger partial charge in [0, 0.05) is 26.1 Å². The molecule has 0 atom stereocenters. The fourth-order valence-corrected chi connectivity index (χ4v) is 2.05. The third-order valence-corrected chi connectivity index (χ3v) is 3.22. The first kappa shape index (κ1) is 14.3. The van der Waals surface area contributed by atoms with Gasteiger partial charge in [0.05, 0.1) is 0 Å². The van der Waals surface area contributed by atoms with Crippen LogP contribution in [0.4, 0.5) is 11.6 Å². The van der Waals surface area contributed by atoms with Crippen molar-refractivity contribution in [1.82, 2.24) is 9.97 Å². The van der Waals surface area contributed by atoms with Crippen molar-refractivity contribution in [3.63, 3.8) is 0 Å². The van der Waals surface area contributed by atoms with Crippen molar-refractivity contribution < 1.29 is 0 Å². The van der Waals surface area contributed by atoms with Crippen LogP contribution < -0.4 is 10.6 Å². The summed E-state index contributed by atoms with van der Waals surface area (Å²) in [4.78, 5) is 9.01. The lowest BCUT2D eigenvalue weighted by Crippen LogP contribution is -2.07. The zero-order valence-corrected chi connectivity index (χ0v) is 12.4. The summed E-state index contributed by atoms with van der Waals surface area (Å²) in [6.45, 7) is 5.03. The number of hydrogen-bond acceptors (Lipinski definition) is 4. The Bertz CT molecular complexity index is 566. The summed E-state index contributed by atoms with van der Waals surface area (Å²) in [7, 11) is 1.88. The molecule has 20 heavy (non-hydrogen) atoms. The van der Waals surface area contributed by atoms with E-state index < -0.39 is 0 Å². The van der Waals surface area contributed by atoms with Crippen molar-refractivity contribution in [2.24, 2.45) is 0 Å². The maximum atomic E-state index is 4.55. The molecule has 0 fully saturated rings. The van der Waals surface area contributed by atoms with Crippen LogP contribution in [0.3, 0.4) is 0 Å². The Hall–Kier alpha value is -2.10. The zero-order valence-electron chi connectivity index (χ0n) is 12.4. The van der Waals surface area contributed by atoms with Gasteiger partial charge < -0.3 is 10.6 Å². The first-order valence-electron chi connectivity index (χ1n) is 7.07. The van der Waals surface area contributed by atoms with Crippen LogP contribution in [0.2, 0.25) is 0 Å². The molecule has 4 nitrogen and oxygen atoms in total. The molecule has 0 aliphatic carbocycles. The Morgan fingerprint density at radius 2 is 1.85 bits per heavy atom. The molecule has 1 aromatic carbocycles. The summed E-state index contributed by atoms with van der Waals surface area (Å²) in [5, 5.41) is 6.47. The molecule has 0 unspecified atom stereocenters. The average Bonchev–Trinajstić information content (AvgIpc) is 2.46. The molecule has 0 aliphatic heterocycles. The van der Waals surface area contributed by atoms with Crippen molar-refractivity contribution in [3.05, 3.63) is 47.3 Å². The molecule has 1 aromatic heterocycles. The lowest BCUT2D eigenvalue weighted by atomic mass is 10.1. The molecule has 0 saturated heterocycles. The number of aryl methyl sites for hydroxylation is 2. The minimum Gasteiger partial charge on any atom is -0.373 e. The van der Waals surface area contributed by atoms with Crippen molar-refractivity contribution in [2.75, 3.05) is 17.7 Å². The molecule has 0 spiro atoms. The zero-order chi connectivity index (χ0) is 14.4. The van der Waals surface area contributed by atoms with Gasteiger partial charge in [-0.3, -0.25) is 0 Å². The molecular formula is C16H22N4. The largest absolute Gasteiger partial charge is 0.373 e. The Kier molecular flexibility index (Phi) is 4.93. The molecule has 0 aliphatic rings. The SMILES string of the molecule is CCCc1nc(NC)cc(NCc2ccccc2C)n1. The number of hydrogen-bond donors (Lipinski definition) is 2. The topological polar surface area (TPSA) is 49.8 Å². The van der Waals surface area contributed by atoms with E-state index in [-0.39, 0.29) is 0 Å². The van der Waals surface area contributed by atoms with Crippen LogP contribution in [0.25, 0.3) is 0 Å². The van der Waals surface area contributed by atoms with Crippen LogP contribution in [-0.2, 0) is 13.0 Å². The summed E-state index contributed by atoms with van der Waals surface area (Å²) in [6, 6.07) is 10.3. The highest BCUT2D eigenvalue weighted by molar-refractivity contribution is 5.47. The lowest BCUT2D eigenvalue weighted by Gasteiger charge is -2.11. The number of aromatic nitrogens is 2. The molecule has 2 rings (SSSR count). The fourth-order valence-electron chi connectivity index (χ4n) is 2.05. The van der Waals surface area contributed by atoms with Crippen LogP contribution in [0.1, 0.15) is 30.3 Å². The van der Waals surface area contributed by atoms with E-state index in [2.05, 4.69) is 58.7 Å². The average molecular weight is 270 g/mol. The van der Waals surface area contributed by atoms with Gasteiger partial charge in [0.2, 0.25) is 0 Å². The number of nitrogens with zero attached hydrogens (tertiary/aromatic N) is 2. The minimum atomic E-state index is 0.776.